The first-order valence-corrected chi connectivity index (χ1v) is 4.05. The minimum Gasteiger partial charge on any atom is -0.367 e. The van der Waals surface area contributed by atoms with Crippen molar-refractivity contribution in [1.29, 1.82) is 0 Å². The smallest absolute Gasteiger partial charge is 0.226 e. The fraction of sp³-hybridized carbons (Fsp3) is 0. The van der Waals surface area contributed by atoms with E-state index in [0.717, 1.165) is 5.56 Å². The van der Waals surface area contributed by atoms with E-state index in [1.54, 1.807) is 12.1 Å². The van der Waals surface area contributed by atoms with Crippen LogP contribution in [0.25, 0.3) is 0 Å². The molecular formula is C8H8ClFN4. The summed E-state index contributed by atoms with van der Waals surface area (Å²) in [6.45, 7) is 0. The predicted octanol–water partition coefficient (Wildman–Crippen LogP) is 1.22. The first kappa shape index (κ1) is 10.5. The standard InChI is InChI=1S/C8H8ClFN4/c9-13-8(11)14-12-5-6-1-3-7(10)4-2-6/h1-5H,(H3,11,13,14). The molecule has 0 aromatic heterocycles. The highest BCUT2D eigenvalue weighted by Gasteiger charge is 1.89. The maximum atomic E-state index is 12.5. The second-order valence-corrected chi connectivity index (χ2v) is 2.56. The number of benzene rings is 1. The molecule has 0 fully saturated rings. The van der Waals surface area contributed by atoms with Crippen LogP contribution in [0.3, 0.4) is 0 Å². The molecule has 1 rings (SSSR count). The van der Waals surface area contributed by atoms with Gasteiger partial charge in [0.25, 0.3) is 0 Å². The maximum Gasteiger partial charge on any atom is 0.226 e. The van der Waals surface area contributed by atoms with Gasteiger partial charge >= 0.3 is 0 Å². The summed E-state index contributed by atoms with van der Waals surface area (Å²) in [5.41, 5.74) is 8.30. The lowest BCUT2D eigenvalue weighted by Crippen LogP contribution is -2.26. The number of nitrogens with zero attached hydrogens (tertiary/aromatic N) is 2. The Morgan fingerprint density at radius 2 is 2.07 bits per heavy atom. The highest BCUT2D eigenvalue weighted by atomic mass is 35.5. The average molecular weight is 215 g/mol. The van der Waals surface area contributed by atoms with Crippen LogP contribution in [0, 0.1) is 5.82 Å². The van der Waals surface area contributed by atoms with Crippen LogP contribution in [0.5, 0.6) is 0 Å². The highest BCUT2D eigenvalue weighted by Crippen LogP contribution is 1.99. The van der Waals surface area contributed by atoms with Gasteiger partial charge in [-0.15, -0.1) is 4.51 Å². The molecule has 0 radical (unpaired) electrons. The minimum atomic E-state index is -0.294. The number of halogens is 2. The van der Waals surface area contributed by atoms with Gasteiger partial charge in [-0.05, 0) is 17.7 Å². The third-order valence-corrected chi connectivity index (χ3v) is 1.54. The van der Waals surface area contributed by atoms with Crippen molar-refractivity contribution in [3.63, 3.8) is 0 Å². The van der Waals surface area contributed by atoms with Gasteiger partial charge in [-0.25, -0.2) is 9.82 Å². The Kier molecular flexibility index (Phi) is 3.87. The van der Waals surface area contributed by atoms with Crippen LogP contribution < -0.4 is 11.2 Å². The molecule has 0 atom stereocenters. The SMILES string of the molecule is N/C(=N\Cl)NN=Cc1ccc(F)cc1. The lowest BCUT2D eigenvalue weighted by atomic mass is 10.2. The van der Waals surface area contributed by atoms with Crippen LogP contribution in [-0.4, -0.2) is 12.2 Å². The van der Waals surface area contributed by atoms with Crippen LogP contribution in [0.4, 0.5) is 4.39 Å². The Labute approximate surface area is 85.4 Å². The van der Waals surface area contributed by atoms with Crippen molar-refractivity contribution in [1.82, 2.24) is 5.43 Å². The molecule has 0 saturated carbocycles. The number of nitrogens with one attached hydrogen (secondary N) is 1. The monoisotopic (exact) mass is 214 g/mol. The van der Waals surface area contributed by atoms with Crippen LogP contribution in [0.1, 0.15) is 5.56 Å². The van der Waals surface area contributed by atoms with Gasteiger partial charge in [-0.3, -0.25) is 0 Å². The van der Waals surface area contributed by atoms with Gasteiger partial charge in [-0.2, -0.15) is 5.10 Å². The summed E-state index contributed by atoms with van der Waals surface area (Å²) in [6.07, 6.45) is 1.47. The van der Waals surface area contributed by atoms with Crippen LogP contribution >= 0.6 is 11.8 Å². The summed E-state index contributed by atoms with van der Waals surface area (Å²) in [5.74, 6) is -0.304. The lowest BCUT2D eigenvalue weighted by Gasteiger charge is -1.95. The normalized spacial score (nSPS) is 12.0. The zero-order valence-electron chi connectivity index (χ0n) is 7.11. The molecule has 0 aliphatic carbocycles. The van der Waals surface area contributed by atoms with Crippen molar-refractivity contribution in [3.05, 3.63) is 35.6 Å². The van der Waals surface area contributed by atoms with Crippen LogP contribution in [0.15, 0.2) is 33.9 Å². The van der Waals surface area contributed by atoms with Gasteiger partial charge in [-0.1, -0.05) is 12.1 Å². The zero-order valence-corrected chi connectivity index (χ0v) is 7.87. The fourth-order valence-corrected chi connectivity index (χ4v) is 0.778. The van der Waals surface area contributed by atoms with Gasteiger partial charge in [0, 0.05) is 11.8 Å². The van der Waals surface area contributed by atoms with E-state index in [0.29, 0.717) is 0 Å². The molecule has 0 unspecified atom stereocenters. The molecule has 0 aliphatic rings. The highest BCUT2D eigenvalue weighted by molar-refractivity contribution is 6.19. The molecule has 0 bridgehead atoms. The molecular weight excluding hydrogens is 207 g/mol. The van der Waals surface area contributed by atoms with E-state index in [-0.39, 0.29) is 11.8 Å². The summed E-state index contributed by atoms with van der Waals surface area (Å²) in [6, 6.07) is 5.82. The molecule has 0 saturated heterocycles. The van der Waals surface area contributed by atoms with Gasteiger partial charge in [0.15, 0.2) is 0 Å². The van der Waals surface area contributed by atoms with Gasteiger partial charge in [0.1, 0.15) is 5.82 Å². The summed E-state index contributed by atoms with van der Waals surface area (Å²) in [4.78, 5) is 0. The number of hydrazone groups is 1. The molecule has 3 N–H and O–H groups in total. The lowest BCUT2D eigenvalue weighted by molar-refractivity contribution is 0.628. The van der Waals surface area contributed by atoms with E-state index < -0.39 is 0 Å². The van der Waals surface area contributed by atoms with E-state index in [9.17, 15) is 4.39 Å². The van der Waals surface area contributed by atoms with Crippen molar-refractivity contribution in [2.45, 2.75) is 0 Å². The third kappa shape index (κ3) is 3.40. The maximum absolute atomic E-state index is 12.5. The predicted molar refractivity (Wildman–Crippen MR) is 54.6 cm³/mol. The topological polar surface area (TPSA) is 62.8 Å². The second kappa shape index (κ2) is 5.18. The summed E-state index contributed by atoms with van der Waals surface area (Å²) >= 11 is 5.03. The molecule has 1 aromatic carbocycles. The Balaban J connectivity index is 2.56. The third-order valence-electron chi connectivity index (χ3n) is 1.35. The Hall–Kier alpha value is -1.62. The van der Waals surface area contributed by atoms with Crippen molar-refractivity contribution in [3.8, 4) is 0 Å². The van der Waals surface area contributed by atoms with E-state index in [2.05, 4.69) is 15.0 Å². The molecule has 14 heavy (non-hydrogen) atoms. The fourth-order valence-electron chi connectivity index (χ4n) is 0.741. The zero-order chi connectivity index (χ0) is 10.4. The quantitative estimate of drug-likeness (QED) is 0.442. The van der Waals surface area contributed by atoms with Crippen LogP contribution in [0.2, 0.25) is 0 Å². The number of guanidine groups is 1. The second-order valence-electron chi connectivity index (χ2n) is 2.39. The molecule has 6 heteroatoms. The number of nitrogens with two attached hydrogens (primary N) is 1. The molecule has 0 aliphatic heterocycles. The Morgan fingerprint density at radius 3 is 2.64 bits per heavy atom. The van der Waals surface area contributed by atoms with Crippen molar-refractivity contribution in [2.75, 3.05) is 0 Å². The van der Waals surface area contributed by atoms with Crippen LogP contribution in [-0.2, 0) is 0 Å². The molecule has 0 heterocycles. The number of hydrogen-bond acceptors (Lipinski definition) is 2. The van der Waals surface area contributed by atoms with E-state index in [1.165, 1.54) is 18.3 Å². The van der Waals surface area contributed by atoms with Crippen molar-refractivity contribution < 1.29 is 4.39 Å². The first-order chi connectivity index (χ1) is 6.72. The Morgan fingerprint density at radius 1 is 1.43 bits per heavy atom. The van der Waals surface area contributed by atoms with Gasteiger partial charge in [0.2, 0.25) is 5.96 Å². The number of rotatable bonds is 2. The number of hydrogen-bond donors (Lipinski definition) is 2. The molecule has 0 amide bonds. The summed E-state index contributed by atoms with van der Waals surface area (Å²) < 4.78 is 15.6. The molecule has 1 aromatic rings. The largest absolute Gasteiger partial charge is 0.367 e. The summed E-state index contributed by atoms with van der Waals surface area (Å²) in [5, 5.41) is 3.70. The van der Waals surface area contributed by atoms with E-state index >= 15 is 0 Å². The first-order valence-electron chi connectivity index (χ1n) is 3.71. The molecule has 74 valence electrons. The average Bonchev–Trinajstić information content (AvgIpc) is 2.21. The molecule has 4 nitrogen and oxygen atoms in total. The van der Waals surface area contributed by atoms with E-state index in [1.807, 2.05) is 0 Å². The van der Waals surface area contributed by atoms with E-state index in [4.69, 9.17) is 17.5 Å². The summed E-state index contributed by atoms with van der Waals surface area (Å²) in [7, 11) is 0. The minimum absolute atomic E-state index is 0.00923. The van der Waals surface area contributed by atoms with Crippen molar-refractivity contribution >= 4 is 24.0 Å². The van der Waals surface area contributed by atoms with Crippen molar-refractivity contribution in [2.24, 2.45) is 15.3 Å². The van der Waals surface area contributed by atoms with Gasteiger partial charge in [0.05, 0.1) is 6.21 Å². The molecule has 0 spiro atoms. The Bertz CT molecular complexity index is 347. The van der Waals surface area contributed by atoms with Gasteiger partial charge < -0.3 is 5.73 Å².